The Morgan fingerprint density at radius 2 is 1.62 bits per heavy atom. The molecule has 1 heterocycles. The molecule has 1 aliphatic rings. The molecule has 5 N–H and O–H groups in total. The van der Waals surface area contributed by atoms with Crippen LogP contribution < -0.4 is 25.0 Å². The molecule has 0 saturated heterocycles. The summed E-state index contributed by atoms with van der Waals surface area (Å²) in [5.74, 6) is -2.15. The number of para-hydroxylation sites is 1. The van der Waals surface area contributed by atoms with Gasteiger partial charge in [-0.05, 0) is 61.0 Å². The minimum Gasteiger partial charge on any atom is -0.508 e. The first-order valence-electron chi connectivity index (χ1n) is 18.8. The number of carboxylic acids is 1. The van der Waals surface area contributed by atoms with Gasteiger partial charge >= 0.3 is 5.97 Å². The number of unbranched alkanes of at least 4 members (excludes halogenated alkanes) is 2. The standard InChI is InChI=1S/C40H56N4O8S2Si/c1-7-9-21-40(22-10-8-2)27-44(29-14-12-11-13-15-29)32-24-34(53-3)33(25-35(32)54(50,51)43-40)52-23-20-36(46)42-37(28-16-18-30(45)19-17-28)38(47)41-31(39(48)49)26-55(4,5)6/h11-19,24-25,31,37,43,45H,7-10,20-23,26-27H2,1-6H3,(H,41,47)(H,42,46)(H,48,49). The lowest BCUT2D eigenvalue weighted by molar-refractivity contribution is -0.141. The molecular weight excluding hydrogens is 757 g/mol. The average Bonchev–Trinajstić information content (AvgIpc) is 3.23. The van der Waals surface area contributed by atoms with Gasteiger partial charge in [0, 0.05) is 26.4 Å². The number of hydrogen-bond donors (Lipinski definition) is 5. The van der Waals surface area contributed by atoms with Crippen LogP contribution in [0.15, 0.2) is 76.5 Å². The van der Waals surface area contributed by atoms with Crippen molar-refractivity contribution in [1.82, 2.24) is 15.4 Å². The summed E-state index contributed by atoms with van der Waals surface area (Å²) in [5, 5.41) is 25.0. The van der Waals surface area contributed by atoms with Gasteiger partial charge in [-0.3, -0.25) is 14.4 Å². The second kappa shape index (κ2) is 19.2. The number of aromatic hydroxyl groups is 1. The van der Waals surface area contributed by atoms with E-state index in [0.717, 1.165) is 31.4 Å². The fraction of sp³-hybridized carbons (Fsp3) is 0.475. The predicted molar refractivity (Wildman–Crippen MR) is 221 cm³/mol. The number of carboxylic acid groups (broad SMARTS) is 1. The third-order valence-corrected chi connectivity index (χ3v) is 13.5. The number of hydrogen-bond acceptors (Lipinski definition) is 9. The van der Waals surface area contributed by atoms with E-state index in [9.17, 15) is 33.0 Å². The number of ether oxygens (including phenoxy) is 1. The Morgan fingerprint density at radius 1 is 0.982 bits per heavy atom. The zero-order valence-electron chi connectivity index (χ0n) is 32.7. The van der Waals surface area contributed by atoms with Gasteiger partial charge < -0.3 is 30.5 Å². The number of aliphatic carboxylic acids is 1. The van der Waals surface area contributed by atoms with Crippen molar-refractivity contribution >= 4 is 59.0 Å². The number of nitrogens with one attached hydrogen (secondary N) is 3. The molecule has 0 aromatic heterocycles. The normalized spacial score (nSPS) is 15.9. The minimum absolute atomic E-state index is 0.0353. The van der Waals surface area contributed by atoms with Crippen LogP contribution in [-0.2, 0) is 24.4 Å². The Kier molecular flexibility index (Phi) is 15.2. The highest BCUT2D eigenvalue weighted by Gasteiger charge is 2.42. The van der Waals surface area contributed by atoms with Crippen molar-refractivity contribution in [2.75, 3.05) is 24.3 Å². The Hall–Kier alpha value is -4.05. The molecule has 0 radical (unpaired) electrons. The number of benzene rings is 3. The van der Waals surface area contributed by atoms with Crippen molar-refractivity contribution in [3.05, 3.63) is 72.3 Å². The van der Waals surface area contributed by atoms with Crippen molar-refractivity contribution in [3.8, 4) is 11.5 Å². The maximum absolute atomic E-state index is 14.3. The maximum Gasteiger partial charge on any atom is 0.325 e. The van der Waals surface area contributed by atoms with Crippen LogP contribution in [-0.4, -0.2) is 75.5 Å². The number of anilines is 2. The lowest BCUT2D eigenvalue weighted by Gasteiger charge is -2.37. The van der Waals surface area contributed by atoms with E-state index in [1.54, 1.807) is 0 Å². The summed E-state index contributed by atoms with van der Waals surface area (Å²) < 4.78 is 37.9. The zero-order chi connectivity index (χ0) is 40.4. The highest BCUT2D eigenvalue weighted by Crippen LogP contribution is 2.44. The van der Waals surface area contributed by atoms with E-state index in [0.29, 0.717) is 47.3 Å². The van der Waals surface area contributed by atoms with Gasteiger partial charge in [0.25, 0.3) is 0 Å². The first-order chi connectivity index (χ1) is 26.0. The van der Waals surface area contributed by atoms with E-state index < -0.39 is 53.5 Å². The zero-order valence-corrected chi connectivity index (χ0v) is 35.3. The van der Waals surface area contributed by atoms with E-state index in [1.165, 1.54) is 42.1 Å². The Labute approximate surface area is 330 Å². The van der Waals surface area contributed by atoms with Crippen LogP contribution in [0, 0.1) is 0 Å². The molecule has 2 unspecified atom stereocenters. The average molecular weight is 813 g/mol. The molecule has 1 aliphatic heterocycles. The number of rotatable bonds is 19. The third-order valence-electron chi connectivity index (χ3n) is 9.53. The van der Waals surface area contributed by atoms with Crippen molar-refractivity contribution < 1.29 is 37.8 Å². The van der Waals surface area contributed by atoms with Gasteiger partial charge in [-0.15, -0.1) is 11.8 Å². The van der Waals surface area contributed by atoms with E-state index in [2.05, 4.69) is 34.1 Å². The second-order valence-electron chi connectivity index (χ2n) is 15.3. The van der Waals surface area contributed by atoms with Crippen LogP contribution in [0.3, 0.4) is 0 Å². The second-order valence-corrected chi connectivity index (χ2v) is 23.4. The van der Waals surface area contributed by atoms with E-state index in [1.807, 2.05) is 62.3 Å². The molecule has 0 fully saturated rings. The molecule has 0 bridgehead atoms. The van der Waals surface area contributed by atoms with Gasteiger partial charge in [0.15, 0.2) is 0 Å². The van der Waals surface area contributed by atoms with Gasteiger partial charge in [-0.25, -0.2) is 13.1 Å². The molecule has 4 rings (SSSR count). The van der Waals surface area contributed by atoms with Gasteiger partial charge in [-0.1, -0.05) is 89.5 Å². The van der Waals surface area contributed by atoms with Crippen molar-refractivity contribution in [2.45, 2.75) is 112 Å². The molecule has 0 spiro atoms. The fourth-order valence-electron chi connectivity index (χ4n) is 6.76. The smallest absolute Gasteiger partial charge is 0.325 e. The summed E-state index contributed by atoms with van der Waals surface area (Å²) in [5.41, 5.74) is 1.07. The molecule has 0 aliphatic carbocycles. The molecule has 15 heteroatoms. The lowest BCUT2D eigenvalue weighted by Crippen LogP contribution is -2.53. The molecule has 2 amide bonds. The summed E-state index contributed by atoms with van der Waals surface area (Å²) in [4.78, 5) is 41.8. The highest BCUT2D eigenvalue weighted by atomic mass is 32.2. The summed E-state index contributed by atoms with van der Waals surface area (Å²) in [6, 6.07) is 16.8. The third kappa shape index (κ3) is 12.0. The van der Waals surface area contributed by atoms with Gasteiger partial charge in [-0.2, -0.15) is 0 Å². The quantitative estimate of drug-likeness (QED) is 0.0616. The van der Waals surface area contributed by atoms with E-state index in [4.69, 9.17) is 4.74 Å². The molecule has 300 valence electrons. The summed E-state index contributed by atoms with van der Waals surface area (Å²) in [6.07, 6.45) is 6.64. The number of amides is 2. The van der Waals surface area contributed by atoms with E-state index in [-0.39, 0.29) is 23.7 Å². The number of carbonyl (C=O) groups excluding carboxylic acids is 2. The van der Waals surface area contributed by atoms with Crippen molar-refractivity contribution in [2.24, 2.45) is 0 Å². The number of phenols is 1. The first-order valence-corrected chi connectivity index (χ1v) is 25.3. The molecule has 55 heavy (non-hydrogen) atoms. The molecule has 12 nitrogen and oxygen atoms in total. The summed E-state index contributed by atoms with van der Waals surface area (Å²) in [6.45, 7) is 10.5. The van der Waals surface area contributed by atoms with E-state index >= 15 is 0 Å². The minimum atomic E-state index is -4.03. The fourth-order valence-corrected chi connectivity index (χ4v) is 10.5. The van der Waals surface area contributed by atoms with Crippen molar-refractivity contribution in [1.29, 1.82) is 0 Å². The van der Waals surface area contributed by atoms with Crippen LogP contribution in [0.1, 0.15) is 70.4 Å². The van der Waals surface area contributed by atoms with Crippen LogP contribution in [0.5, 0.6) is 11.5 Å². The lowest BCUT2D eigenvalue weighted by atomic mass is 9.87. The highest BCUT2D eigenvalue weighted by molar-refractivity contribution is 7.98. The summed E-state index contributed by atoms with van der Waals surface area (Å²) >= 11 is 1.40. The topological polar surface area (TPSA) is 174 Å². The number of sulfonamides is 1. The molecule has 3 aromatic rings. The van der Waals surface area contributed by atoms with Crippen molar-refractivity contribution in [3.63, 3.8) is 0 Å². The number of phenolic OH excluding ortho intramolecular Hbond substituents is 1. The van der Waals surface area contributed by atoms with Gasteiger partial charge in [0.1, 0.15) is 28.5 Å². The number of thioether (sulfide) groups is 1. The van der Waals surface area contributed by atoms with Crippen LogP contribution in [0.2, 0.25) is 25.7 Å². The van der Waals surface area contributed by atoms with Crippen LogP contribution in [0.4, 0.5) is 11.4 Å². The van der Waals surface area contributed by atoms with Gasteiger partial charge in [0.2, 0.25) is 21.8 Å². The number of nitrogens with zero attached hydrogens (tertiary/aromatic N) is 1. The molecule has 0 saturated carbocycles. The monoisotopic (exact) mass is 812 g/mol. The molecule has 3 aromatic carbocycles. The molecule has 2 atom stereocenters. The van der Waals surface area contributed by atoms with Crippen LogP contribution >= 0.6 is 11.8 Å². The predicted octanol–water partition coefficient (Wildman–Crippen LogP) is 7.20. The number of fused-ring (bicyclic) bond motifs is 1. The number of carbonyl (C=O) groups is 3. The van der Waals surface area contributed by atoms with Gasteiger partial charge in [0.05, 0.1) is 29.1 Å². The Balaban J connectivity index is 1.61. The Bertz CT molecular complexity index is 1880. The largest absolute Gasteiger partial charge is 0.508 e. The van der Waals surface area contributed by atoms with Crippen LogP contribution in [0.25, 0.3) is 0 Å². The molecular formula is C40H56N4O8S2Si. The Morgan fingerprint density at radius 3 is 2.18 bits per heavy atom. The SMILES string of the molecule is CCCCC1(CCCC)CN(c2ccccc2)c2cc(SC)c(OCCC(=O)NC(C(=O)NC(C[Si](C)(C)C)C(=O)O)c3ccc(O)cc3)cc2S(=O)(=O)N1. The first kappa shape index (κ1) is 43.7. The summed E-state index contributed by atoms with van der Waals surface area (Å²) in [7, 11) is -5.93. The maximum atomic E-state index is 14.3.